The van der Waals surface area contributed by atoms with E-state index >= 15 is 0 Å². The first kappa shape index (κ1) is 13.0. The topological polar surface area (TPSA) is 32.3 Å². The number of benzene rings is 1. The average molecular weight is 276 g/mol. The Bertz CT molecular complexity index is 446. The van der Waals surface area contributed by atoms with E-state index in [1.807, 2.05) is 11.9 Å². The summed E-state index contributed by atoms with van der Waals surface area (Å²) in [4.78, 5) is 15.9. The molecule has 3 rings (SSSR count). The lowest BCUT2D eigenvalue weighted by Crippen LogP contribution is -2.46. The highest BCUT2D eigenvalue weighted by molar-refractivity contribution is 8.01. The lowest BCUT2D eigenvalue weighted by Gasteiger charge is -2.33. The van der Waals surface area contributed by atoms with Crippen LogP contribution in [-0.2, 0) is 11.2 Å². The van der Waals surface area contributed by atoms with Crippen LogP contribution in [0.2, 0.25) is 0 Å². The highest BCUT2D eigenvalue weighted by Gasteiger charge is 2.32. The van der Waals surface area contributed by atoms with Crippen LogP contribution < -0.4 is 5.32 Å². The molecule has 0 radical (unpaired) electrons. The van der Waals surface area contributed by atoms with Gasteiger partial charge in [0.1, 0.15) is 0 Å². The number of hydrogen-bond donors (Lipinski definition) is 1. The zero-order valence-corrected chi connectivity index (χ0v) is 12.1. The van der Waals surface area contributed by atoms with Gasteiger partial charge in [0.25, 0.3) is 0 Å². The SMILES string of the molecule is CN(C(=O)C1Cc2ccccc2S1)C1CCNCC1. The highest BCUT2D eigenvalue weighted by Crippen LogP contribution is 2.37. The molecule has 4 heteroatoms. The number of carbonyl (C=O) groups excluding carboxylic acids is 1. The number of fused-ring (bicyclic) bond motifs is 1. The van der Waals surface area contributed by atoms with E-state index in [0.29, 0.717) is 11.9 Å². The second kappa shape index (κ2) is 5.55. The van der Waals surface area contributed by atoms with Crippen LogP contribution in [0.3, 0.4) is 0 Å². The molecule has 1 amide bonds. The van der Waals surface area contributed by atoms with Gasteiger partial charge in [0.05, 0.1) is 5.25 Å². The summed E-state index contributed by atoms with van der Waals surface area (Å²) >= 11 is 1.73. The van der Waals surface area contributed by atoms with Crippen molar-refractivity contribution >= 4 is 17.7 Å². The van der Waals surface area contributed by atoms with Crippen LogP contribution in [0.15, 0.2) is 29.2 Å². The standard InChI is InChI=1S/C15H20N2OS/c1-17(12-6-8-16-9-7-12)15(18)14-10-11-4-2-3-5-13(11)19-14/h2-5,12,14,16H,6-10H2,1H3. The Morgan fingerprint density at radius 3 is 2.79 bits per heavy atom. The van der Waals surface area contributed by atoms with Gasteiger partial charge in [-0.05, 0) is 44.0 Å². The third-order valence-electron chi connectivity index (χ3n) is 4.13. The van der Waals surface area contributed by atoms with Crippen LogP contribution in [0.25, 0.3) is 0 Å². The van der Waals surface area contributed by atoms with Crippen molar-refractivity contribution in [2.24, 2.45) is 0 Å². The van der Waals surface area contributed by atoms with Crippen molar-refractivity contribution in [3.8, 4) is 0 Å². The average Bonchev–Trinajstić information content (AvgIpc) is 2.90. The van der Waals surface area contributed by atoms with Gasteiger partial charge in [-0.3, -0.25) is 4.79 Å². The van der Waals surface area contributed by atoms with Gasteiger partial charge in [-0.25, -0.2) is 0 Å². The normalized spacial score (nSPS) is 23.1. The van der Waals surface area contributed by atoms with Crippen LogP contribution >= 0.6 is 11.8 Å². The molecule has 2 aliphatic rings. The Morgan fingerprint density at radius 1 is 1.32 bits per heavy atom. The minimum atomic E-state index is 0.0808. The van der Waals surface area contributed by atoms with Crippen LogP contribution in [0.5, 0.6) is 0 Å². The maximum atomic E-state index is 12.6. The predicted octanol–water partition coefficient (Wildman–Crippen LogP) is 1.91. The molecule has 0 bridgehead atoms. The van der Waals surface area contributed by atoms with Gasteiger partial charge in [-0.2, -0.15) is 0 Å². The number of rotatable bonds is 2. The van der Waals surface area contributed by atoms with Crippen molar-refractivity contribution in [1.82, 2.24) is 10.2 Å². The molecular formula is C15H20N2OS. The first-order valence-electron chi connectivity index (χ1n) is 6.97. The Hall–Kier alpha value is -1.00. The molecule has 1 aromatic rings. The molecule has 19 heavy (non-hydrogen) atoms. The van der Waals surface area contributed by atoms with Crippen LogP contribution in [0.4, 0.5) is 0 Å². The Labute approximate surface area is 118 Å². The van der Waals surface area contributed by atoms with E-state index in [9.17, 15) is 4.79 Å². The number of carbonyl (C=O) groups is 1. The fourth-order valence-corrected chi connectivity index (χ4v) is 4.22. The van der Waals surface area contributed by atoms with Crippen LogP contribution in [0.1, 0.15) is 18.4 Å². The summed E-state index contributed by atoms with van der Waals surface area (Å²) in [5.41, 5.74) is 1.32. The van der Waals surface area contributed by atoms with E-state index in [1.54, 1.807) is 11.8 Å². The summed E-state index contributed by atoms with van der Waals surface area (Å²) < 4.78 is 0. The zero-order chi connectivity index (χ0) is 13.2. The molecule has 1 N–H and O–H groups in total. The first-order valence-corrected chi connectivity index (χ1v) is 7.85. The van der Waals surface area contributed by atoms with E-state index in [0.717, 1.165) is 32.4 Å². The number of piperidine rings is 1. The van der Waals surface area contributed by atoms with Gasteiger partial charge in [0.15, 0.2) is 0 Å². The smallest absolute Gasteiger partial charge is 0.236 e. The third-order valence-corrected chi connectivity index (χ3v) is 5.43. The maximum absolute atomic E-state index is 12.6. The van der Waals surface area contributed by atoms with Gasteiger partial charge < -0.3 is 10.2 Å². The Kier molecular flexibility index (Phi) is 3.80. The van der Waals surface area contributed by atoms with Gasteiger partial charge >= 0.3 is 0 Å². The van der Waals surface area contributed by atoms with Crippen molar-refractivity contribution < 1.29 is 4.79 Å². The van der Waals surface area contributed by atoms with E-state index in [-0.39, 0.29) is 5.25 Å². The second-order valence-electron chi connectivity index (χ2n) is 5.35. The molecule has 2 aliphatic heterocycles. The molecule has 3 nitrogen and oxygen atoms in total. The summed E-state index contributed by atoms with van der Waals surface area (Å²) in [6.45, 7) is 2.06. The molecular weight excluding hydrogens is 256 g/mol. The molecule has 0 spiro atoms. The largest absolute Gasteiger partial charge is 0.342 e. The van der Waals surface area contributed by atoms with E-state index in [2.05, 4.69) is 29.6 Å². The lowest BCUT2D eigenvalue weighted by atomic mass is 10.0. The maximum Gasteiger partial charge on any atom is 0.236 e. The van der Waals surface area contributed by atoms with E-state index in [1.165, 1.54) is 10.5 Å². The van der Waals surface area contributed by atoms with Crippen molar-refractivity contribution in [2.45, 2.75) is 35.4 Å². The molecule has 0 aliphatic carbocycles. The van der Waals surface area contributed by atoms with Gasteiger partial charge in [-0.15, -0.1) is 11.8 Å². The second-order valence-corrected chi connectivity index (χ2v) is 6.59. The van der Waals surface area contributed by atoms with Gasteiger partial charge in [-0.1, -0.05) is 18.2 Å². The summed E-state index contributed by atoms with van der Waals surface area (Å²) in [6, 6.07) is 8.79. The predicted molar refractivity (Wildman–Crippen MR) is 78.5 cm³/mol. The fourth-order valence-electron chi connectivity index (χ4n) is 2.92. The molecule has 1 saturated heterocycles. The highest BCUT2D eigenvalue weighted by atomic mass is 32.2. The number of hydrogen-bond acceptors (Lipinski definition) is 3. The molecule has 1 unspecified atom stereocenters. The molecule has 0 aromatic heterocycles. The van der Waals surface area contributed by atoms with Crippen molar-refractivity contribution in [1.29, 1.82) is 0 Å². The number of nitrogens with zero attached hydrogens (tertiary/aromatic N) is 1. The number of nitrogens with one attached hydrogen (secondary N) is 1. The van der Waals surface area contributed by atoms with Crippen LogP contribution in [-0.4, -0.2) is 42.2 Å². The summed E-state index contributed by atoms with van der Waals surface area (Å²) in [5.74, 6) is 0.299. The Morgan fingerprint density at radius 2 is 2.05 bits per heavy atom. The first-order chi connectivity index (χ1) is 9.25. The van der Waals surface area contributed by atoms with Crippen molar-refractivity contribution in [2.75, 3.05) is 20.1 Å². The minimum absolute atomic E-state index is 0.0808. The Balaban J connectivity index is 1.65. The molecule has 2 heterocycles. The summed E-state index contributed by atoms with van der Waals surface area (Å²) in [5, 5.41) is 3.43. The van der Waals surface area contributed by atoms with E-state index < -0.39 is 0 Å². The monoisotopic (exact) mass is 276 g/mol. The van der Waals surface area contributed by atoms with Crippen molar-refractivity contribution in [3.05, 3.63) is 29.8 Å². The van der Waals surface area contributed by atoms with Gasteiger partial charge in [0, 0.05) is 18.0 Å². The molecule has 1 atom stereocenters. The number of amides is 1. The summed E-state index contributed by atoms with van der Waals surface area (Å²) in [6.07, 6.45) is 3.04. The number of thioether (sulfide) groups is 1. The molecule has 1 aromatic carbocycles. The fraction of sp³-hybridized carbons (Fsp3) is 0.533. The molecule has 1 fully saturated rings. The van der Waals surface area contributed by atoms with Crippen LogP contribution in [0, 0.1) is 0 Å². The molecule has 0 saturated carbocycles. The third kappa shape index (κ3) is 2.65. The summed E-state index contributed by atoms with van der Waals surface area (Å²) in [7, 11) is 1.97. The minimum Gasteiger partial charge on any atom is -0.342 e. The lowest BCUT2D eigenvalue weighted by molar-refractivity contribution is -0.131. The van der Waals surface area contributed by atoms with Crippen molar-refractivity contribution in [3.63, 3.8) is 0 Å². The zero-order valence-electron chi connectivity index (χ0n) is 11.3. The molecule has 102 valence electrons. The van der Waals surface area contributed by atoms with Gasteiger partial charge in [0.2, 0.25) is 5.91 Å². The van der Waals surface area contributed by atoms with E-state index in [4.69, 9.17) is 0 Å². The quantitative estimate of drug-likeness (QED) is 0.895.